The fraction of sp³-hybridized carbons (Fsp3) is 0.273. The van der Waals surface area contributed by atoms with E-state index in [-0.39, 0.29) is 46.7 Å². The zero-order chi connectivity index (χ0) is 34.4. The summed E-state index contributed by atoms with van der Waals surface area (Å²) >= 11 is 18.1. The van der Waals surface area contributed by atoms with Crippen LogP contribution in [0.2, 0.25) is 0 Å². The third-order valence-electron chi connectivity index (χ3n) is 9.92. The van der Waals surface area contributed by atoms with Gasteiger partial charge in [0.2, 0.25) is 11.8 Å². The first-order valence-electron chi connectivity index (χ1n) is 14.9. The minimum atomic E-state index is -2.25. The first kappa shape index (κ1) is 32.8. The van der Waals surface area contributed by atoms with Crippen LogP contribution in [-0.4, -0.2) is 62.8 Å². The van der Waals surface area contributed by atoms with E-state index in [1.807, 2.05) is 0 Å². The maximum atomic E-state index is 14.5. The summed E-state index contributed by atoms with van der Waals surface area (Å²) in [7, 11) is -0.505. The molecular weight excluding hydrogens is 733 g/mol. The molecule has 2 aliphatic heterocycles. The smallest absolute Gasteiger partial charge is 0.488 e. The van der Waals surface area contributed by atoms with Gasteiger partial charge in [-0.3, -0.25) is 24.1 Å². The van der Waals surface area contributed by atoms with Crippen LogP contribution in [-0.2, 0) is 19.2 Å². The fourth-order valence-electron chi connectivity index (χ4n) is 7.79. The van der Waals surface area contributed by atoms with Crippen molar-refractivity contribution in [2.45, 2.75) is 28.5 Å². The highest BCUT2D eigenvalue weighted by atomic mass is 79.9. The molecule has 3 aromatic rings. The highest BCUT2D eigenvalue weighted by molar-refractivity contribution is 9.10. The van der Waals surface area contributed by atoms with Gasteiger partial charge in [-0.2, -0.15) is 0 Å². The first-order chi connectivity index (χ1) is 22.7. The Labute approximate surface area is 292 Å². The number of nitrogens with zero attached hydrogens (tertiary/aromatic N) is 2. The lowest BCUT2D eigenvalue weighted by Crippen LogP contribution is -2.60. The van der Waals surface area contributed by atoms with Gasteiger partial charge in [-0.25, -0.2) is 9.29 Å². The van der Waals surface area contributed by atoms with E-state index in [1.54, 1.807) is 6.08 Å². The summed E-state index contributed by atoms with van der Waals surface area (Å²) in [6.07, 6.45) is 1.46. The maximum absolute atomic E-state index is 14.5. The molecule has 48 heavy (non-hydrogen) atoms. The number of hydrogen-bond acceptors (Lipinski definition) is 8. The molecule has 3 fully saturated rings. The molecule has 4 aliphatic rings. The number of benzene rings is 3. The molecule has 6 unspecified atom stereocenters. The summed E-state index contributed by atoms with van der Waals surface area (Å²) in [4.78, 5) is 54.4. The van der Waals surface area contributed by atoms with Crippen LogP contribution >= 0.6 is 39.1 Å². The molecule has 6 atom stereocenters. The molecule has 2 heterocycles. The maximum Gasteiger partial charge on any atom is 0.488 e. The first-order valence-corrected chi connectivity index (χ1v) is 16.4. The molecule has 0 radical (unpaired) electrons. The Morgan fingerprint density at radius 2 is 1.65 bits per heavy atom. The Kier molecular flexibility index (Phi) is 7.80. The summed E-state index contributed by atoms with van der Waals surface area (Å²) in [6, 6.07) is 13.4. The van der Waals surface area contributed by atoms with Crippen molar-refractivity contribution in [3.63, 3.8) is 0 Å². The molecule has 3 aromatic carbocycles. The summed E-state index contributed by atoms with van der Waals surface area (Å²) in [5.74, 6) is -7.99. The van der Waals surface area contributed by atoms with Gasteiger partial charge >= 0.3 is 7.12 Å². The van der Waals surface area contributed by atoms with Gasteiger partial charge in [0.15, 0.2) is 21.2 Å². The predicted octanol–water partition coefficient (Wildman–Crippen LogP) is 3.75. The quantitative estimate of drug-likeness (QED) is 0.155. The van der Waals surface area contributed by atoms with Crippen LogP contribution in [0.3, 0.4) is 0 Å². The fourth-order valence-corrected chi connectivity index (χ4v) is 9.17. The number of allylic oxidation sites excluding steroid dienone is 2. The van der Waals surface area contributed by atoms with Crippen LogP contribution < -0.4 is 20.0 Å². The SMILES string of the molecule is COc1cc(Br)cc(C2C3=CCC4C(=O)N(c5cccc(B(O)O)c5)C(=O)C4C3CC3(Cl)C(=O)N(c4ccc(F)cc4)C(=O)C23Cl)c1O. The molecule has 0 bridgehead atoms. The third kappa shape index (κ3) is 4.44. The zero-order valence-corrected chi connectivity index (χ0v) is 28.0. The lowest BCUT2D eigenvalue weighted by molar-refractivity contribution is -0.125. The third-order valence-corrected chi connectivity index (χ3v) is 11.8. The van der Waals surface area contributed by atoms with Gasteiger partial charge in [0.25, 0.3) is 11.8 Å². The molecule has 3 N–H and O–H groups in total. The Balaban J connectivity index is 1.42. The molecule has 7 rings (SSSR count). The van der Waals surface area contributed by atoms with Crippen molar-refractivity contribution in [3.8, 4) is 11.5 Å². The summed E-state index contributed by atoms with van der Waals surface area (Å²) in [5.41, 5.74) is 0.754. The van der Waals surface area contributed by atoms with Crippen LogP contribution in [0.4, 0.5) is 15.8 Å². The number of methoxy groups -OCH3 is 1. The van der Waals surface area contributed by atoms with Crippen molar-refractivity contribution in [2.75, 3.05) is 16.9 Å². The van der Waals surface area contributed by atoms with E-state index in [2.05, 4.69) is 15.9 Å². The molecule has 0 aromatic heterocycles. The van der Waals surface area contributed by atoms with Crippen LogP contribution in [0.15, 0.2) is 76.8 Å². The molecule has 15 heteroatoms. The van der Waals surface area contributed by atoms with Gasteiger partial charge in [-0.15, -0.1) is 23.2 Å². The summed E-state index contributed by atoms with van der Waals surface area (Å²) < 4.78 is 19.7. The van der Waals surface area contributed by atoms with E-state index >= 15 is 0 Å². The molecule has 246 valence electrons. The molecule has 0 spiro atoms. The topological polar surface area (TPSA) is 145 Å². The van der Waals surface area contributed by atoms with Crippen molar-refractivity contribution in [3.05, 3.63) is 88.2 Å². The van der Waals surface area contributed by atoms with Crippen LogP contribution in [0.1, 0.15) is 24.3 Å². The Bertz CT molecular complexity index is 1960. The van der Waals surface area contributed by atoms with Crippen molar-refractivity contribution in [2.24, 2.45) is 17.8 Å². The van der Waals surface area contributed by atoms with Crippen LogP contribution in [0.5, 0.6) is 11.5 Å². The Morgan fingerprint density at radius 3 is 2.31 bits per heavy atom. The van der Waals surface area contributed by atoms with E-state index in [9.17, 15) is 38.7 Å². The van der Waals surface area contributed by atoms with E-state index < -0.39 is 70.0 Å². The number of carbonyl (C=O) groups is 4. The van der Waals surface area contributed by atoms with E-state index in [0.717, 1.165) is 21.9 Å². The number of halogens is 4. The van der Waals surface area contributed by atoms with Gasteiger partial charge in [0.05, 0.1) is 30.3 Å². The van der Waals surface area contributed by atoms with E-state index in [1.165, 1.54) is 55.6 Å². The molecule has 2 saturated heterocycles. The lowest BCUT2D eigenvalue weighted by Gasteiger charge is -2.50. The summed E-state index contributed by atoms with van der Waals surface area (Å²) in [6.45, 7) is 0. The summed E-state index contributed by atoms with van der Waals surface area (Å²) in [5, 5.41) is 30.9. The number of phenols is 1. The second-order valence-electron chi connectivity index (χ2n) is 12.3. The number of anilines is 2. The zero-order valence-electron chi connectivity index (χ0n) is 24.9. The van der Waals surface area contributed by atoms with Gasteiger partial charge in [-0.05, 0) is 72.8 Å². The normalized spacial score (nSPS) is 29.4. The molecule has 2 aliphatic carbocycles. The molecule has 4 amide bonds. The highest BCUT2D eigenvalue weighted by Gasteiger charge is 2.77. The number of carbonyl (C=O) groups excluding carboxylic acids is 4. The van der Waals surface area contributed by atoms with Crippen molar-refractivity contribution in [1.29, 1.82) is 0 Å². The van der Waals surface area contributed by atoms with E-state index in [4.69, 9.17) is 27.9 Å². The van der Waals surface area contributed by atoms with Gasteiger partial charge in [0.1, 0.15) is 5.82 Å². The highest BCUT2D eigenvalue weighted by Crippen LogP contribution is 2.67. The van der Waals surface area contributed by atoms with E-state index in [0.29, 0.717) is 10.0 Å². The average molecular weight is 758 g/mol. The second kappa shape index (κ2) is 11.4. The van der Waals surface area contributed by atoms with Crippen molar-refractivity contribution in [1.82, 2.24) is 0 Å². The number of rotatable bonds is 5. The number of fused-ring (bicyclic) bond motifs is 4. The number of alkyl halides is 2. The van der Waals surface area contributed by atoms with Crippen LogP contribution in [0, 0.1) is 23.6 Å². The monoisotopic (exact) mass is 756 g/mol. The number of hydrogen-bond donors (Lipinski definition) is 3. The Morgan fingerprint density at radius 1 is 0.938 bits per heavy atom. The van der Waals surface area contributed by atoms with Crippen molar-refractivity contribution >= 4 is 86.7 Å². The molecular formula is C33H25BBrCl2FN2O8. The number of ether oxygens (including phenoxy) is 1. The average Bonchev–Trinajstić information content (AvgIpc) is 3.40. The predicted molar refractivity (Wildman–Crippen MR) is 178 cm³/mol. The largest absolute Gasteiger partial charge is 0.504 e. The molecule has 1 saturated carbocycles. The minimum absolute atomic E-state index is 0.0229. The van der Waals surface area contributed by atoms with Gasteiger partial charge < -0.3 is 19.9 Å². The number of aromatic hydroxyl groups is 1. The van der Waals surface area contributed by atoms with Gasteiger partial charge in [-0.1, -0.05) is 39.7 Å². The van der Waals surface area contributed by atoms with Crippen LogP contribution in [0.25, 0.3) is 0 Å². The minimum Gasteiger partial charge on any atom is -0.504 e. The van der Waals surface area contributed by atoms with Gasteiger partial charge in [0, 0.05) is 16.0 Å². The second-order valence-corrected chi connectivity index (χ2v) is 14.4. The number of imide groups is 2. The van der Waals surface area contributed by atoms with Crippen molar-refractivity contribution < 1.29 is 43.5 Å². The lowest BCUT2D eigenvalue weighted by atomic mass is 9.56. The number of amides is 4. The number of phenolic OH excluding ortho intramolecular Hbond substituents is 1. The Hall–Kier alpha value is -3.75. The standard InChI is InChI=1S/C33H25BBrCl2FN2O8/c1-48-24-13-16(35)12-22(27(24)41)26-20-9-10-21-25(29(43)39(28(21)42)19-4-2-3-15(11-19)34(46)47)23(20)14-32(36)30(44)40(31(45)33(26,32)37)18-7-5-17(38)6-8-18/h2-9,11-13,21,23,25-26,41,46-47H,10,14H2,1H3. The molecule has 10 nitrogen and oxygen atoms in total.